The van der Waals surface area contributed by atoms with Crippen LogP contribution in [-0.4, -0.2) is 0 Å². The van der Waals surface area contributed by atoms with Gasteiger partial charge < -0.3 is 0 Å². The highest BCUT2D eigenvalue weighted by atomic mass is 14.4. The molecule has 0 heteroatoms. The summed E-state index contributed by atoms with van der Waals surface area (Å²) in [4.78, 5) is 0. The van der Waals surface area contributed by atoms with Crippen LogP contribution in [0.4, 0.5) is 0 Å². The Morgan fingerprint density at radius 3 is 2.39 bits per heavy atom. The summed E-state index contributed by atoms with van der Waals surface area (Å²) in [5.74, 6) is 1.75. The first-order valence-corrected chi connectivity index (χ1v) is 7.47. The molecule has 1 fully saturated rings. The highest BCUT2D eigenvalue weighted by Gasteiger charge is 2.38. The van der Waals surface area contributed by atoms with Crippen LogP contribution < -0.4 is 0 Å². The second kappa shape index (κ2) is 4.12. The minimum absolute atomic E-state index is 0.867. The smallest absolute Gasteiger partial charge is 0.00840 e. The molecule has 0 radical (unpaired) electrons. The summed E-state index contributed by atoms with van der Waals surface area (Å²) in [6, 6.07) is 13.7. The van der Waals surface area contributed by atoms with Crippen molar-refractivity contribution in [2.75, 3.05) is 0 Å². The molecular formula is C18H20. The van der Waals surface area contributed by atoms with Crippen LogP contribution >= 0.6 is 0 Å². The Kier molecular flexibility index (Phi) is 2.43. The van der Waals surface area contributed by atoms with Gasteiger partial charge in [-0.1, -0.05) is 62.1 Å². The lowest BCUT2D eigenvalue weighted by atomic mass is 9.62. The normalized spacial score (nSPS) is 26.7. The SMILES string of the molecule is c1ccc2c3c(ccc2c1)[C@@H]1CCCCCC[C@H]31. The van der Waals surface area contributed by atoms with E-state index in [-0.39, 0.29) is 0 Å². The first-order chi connectivity index (χ1) is 8.95. The van der Waals surface area contributed by atoms with Crippen LogP contribution in [0.1, 0.15) is 61.5 Å². The second-order valence-corrected chi connectivity index (χ2v) is 5.99. The van der Waals surface area contributed by atoms with Crippen molar-refractivity contribution in [3.63, 3.8) is 0 Å². The van der Waals surface area contributed by atoms with Crippen molar-refractivity contribution < 1.29 is 0 Å². The van der Waals surface area contributed by atoms with Crippen LogP contribution in [0, 0.1) is 0 Å². The molecule has 0 unspecified atom stereocenters. The molecule has 0 nitrogen and oxygen atoms in total. The number of hydrogen-bond donors (Lipinski definition) is 0. The Labute approximate surface area is 109 Å². The number of hydrogen-bond acceptors (Lipinski definition) is 0. The predicted octanol–water partition coefficient (Wildman–Crippen LogP) is 5.37. The Bertz CT molecular complexity index is 582. The minimum atomic E-state index is 0.867. The van der Waals surface area contributed by atoms with Gasteiger partial charge in [-0.2, -0.15) is 0 Å². The molecule has 0 spiro atoms. The molecule has 1 saturated carbocycles. The Morgan fingerprint density at radius 2 is 1.50 bits per heavy atom. The molecule has 4 rings (SSSR count). The summed E-state index contributed by atoms with van der Waals surface area (Å²) in [7, 11) is 0. The standard InChI is InChI=1S/C18H20/c1-2-4-10-16-15(9-3-1)17-12-11-13-7-5-6-8-14(13)18(16)17/h5-8,11-12,15-16H,1-4,9-10H2/t15-,16+/m1/s1. The molecule has 2 atom stereocenters. The largest absolute Gasteiger partial charge is 0.0616 e. The molecule has 2 aromatic carbocycles. The van der Waals surface area contributed by atoms with Gasteiger partial charge in [-0.15, -0.1) is 0 Å². The zero-order valence-electron chi connectivity index (χ0n) is 10.9. The van der Waals surface area contributed by atoms with E-state index in [1.807, 2.05) is 0 Å². The summed E-state index contributed by atoms with van der Waals surface area (Å²) in [6.45, 7) is 0. The van der Waals surface area contributed by atoms with Gasteiger partial charge >= 0.3 is 0 Å². The van der Waals surface area contributed by atoms with E-state index in [2.05, 4.69) is 36.4 Å². The van der Waals surface area contributed by atoms with Gasteiger partial charge in [0.2, 0.25) is 0 Å². The average molecular weight is 236 g/mol. The molecule has 0 N–H and O–H groups in total. The van der Waals surface area contributed by atoms with Gasteiger partial charge in [0.15, 0.2) is 0 Å². The monoisotopic (exact) mass is 236 g/mol. The first kappa shape index (κ1) is 10.6. The molecule has 2 aliphatic carbocycles. The highest BCUT2D eigenvalue weighted by Crippen LogP contribution is 2.55. The van der Waals surface area contributed by atoms with E-state index in [0.29, 0.717) is 0 Å². The van der Waals surface area contributed by atoms with E-state index in [1.165, 1.54) is 49.3 Å². The van der Waals surface area contributed by atoms with Crippen LogP contribution in [0.3, 0.4) is 0 Å². The van der Waals surface area contributed by atoms with Gasteiger partial charge in [0.1, 0.15) is 0 Å². The molecule has 92 valence electrons. The van der Waals surface area contributed by atoms with Gasteiger partial charge in [0.05, 0.1) is 0 Å². The maximum Gasteiger partial charge on any atom is -0.00840 e. The number of benzene rings is 2. The maximum atomic E-state index is 2.40. The predicted molar refractivity (Wildman–Crippen MR) is 77.1 cm³/mol. The lowest BCUT2D eigenvalue weighted by molar-refractivity contribution is 0.366. The molecule has 0 heterocycles. The molecule has 0 aromatic heterocycles. The number of fused-ring (bicyclic) bond motifs is 6. The van der Waals surface area contributed by atoms with Crippen LogP contribution in [0.5, 0.6) is 0 Å². The van der Waals surface area contributed by atoms with E-state index in [0.717, 1.165) is 11.8 Å². The molecule has 0 saturated heterocycles. The summed E-state index contributed by atoms with van der Waals surface area (Å²) in [6.07, 6.45) is 8.62. The lowest BCUT2D eigenvalue weighted by Crippen LogP contribution is -2.25. The molecule has 2 aliphatic rings. The van der Waals surface area contributed by atoms with Gasteiger partial charge in [0, 0.05) is 0 Å². The van der Waals surface area contributed by atoms with E-state index >= 15 is 0 Å². The zero-order valence-corrected chi connectivity index (χ0v) is 10.9. The zero-order chi connectivity index (χ0) is 11.9. The number of rotatable bonds is 0. The first-order valence-electron chi connectivity index (χ1n) is 7.47. The molecule has 18 heavy (non-hydrogen) atoms. The third-order valence-electron chi connectivity index (χ3n) is 5.04. The fourth-order valence-electron chi connectivity index (χ4n) is 4.16. The Hall–Kier alpha value is -1.30. The van der Waals surface area contributed by atoms with E-state index in [1.54, 1.807) is 11.1 Å². The summed E-state index contributed by atoms with van der Waals surface area (Å²) < 4.78 is 0. The molecule has 0 amide bonds. The van der Waals surface area contributed by atoms with Crippen LogP contribution in [-0.2, 0) is 0 Å². The summed E-state index contributed by atoms with van der Waals surface area (Å²) in [5, 5.41) is 2.95. The van der Waals surface area contributed by atoms with Crippen molar-refractivity contribution in [2.24, 2.45) is 0 Å². The van der Waals surface area contributed by atoms with Crippen molar-refractivity contribution in [3.05, 3.63) is 47.5 Å². The van der Waals surface area contributed by atoms with Gasteiger partial charge in [-0.25, -0.2) is 0 Å². The topological polar surface area (TPSA) is 0 Å². The second-order valence-electron chi connectivity index (χ2n) is 5.99. The van der Waals surface area contributed by atoms with Gasteiger partial charge in [-0.3, -0.25) is 0 Å². The van der Waals surface area contributed by atoms with Gasteiger partial charge in [-0.05, 0) is 46.6 Å². The van der Waals surface area contributed by atoms with Crippen molar-refractivity contribution in [1.82, 2.24) is 0 Å². The van der Waals surface area contributed by atoms with Crippen LogP contribution in [0.2, 0.25) is 0 Å². The van der Waals surface area contributed by atoms with E-state index in [4.69, 9.17) is 0 Å². The minimum Gasteiger partial charge on any atom is -0.0616 e. The van der Waals surface area contributed by atoms with Crippen LogP contribution in [0.15, 0.2) is 36.4 Å². The fourth-order valence-corrected chi connectivity index (χ4v) is 4.16. The quantitative estimate of drug-likeness (QED) is 0.576. The molecular weight excluding hydrogens is 216 g/mol. The average Bonchev–Trinajstić information content (AvgIpc) is 2.37. The Morgan fingerprint density at radius 1 is 0.722 bits per heavy atom. The summed E-state index contributed by atoms with van der Waals surface area (Å²) in [5.41, 5.74) is 3.36. The maximum absolute atomic E-state index is 2.40. The van der Waals surface area contributed by atoms with Gasteiger partial charge in [0.25, 0.3) is 0 Å². The van der Waals surface area contributed by atoms with Crippen LogP contribution in [0.25, 0.3) is 10.8 Å². The van der Waals surface area contributed by atoms with Crippen molar-refractivity contribution >= 4 is 10.8 Å². The van der Waals surface area contributed by atoms with Crippen molar-refractivity contribution in [1.29, 1.82) is 0 Å². The van der Waals surface area contributed by atoms with E-state index in [9.17, 15) is 0 Å². The Balaban J connectivity index is 1.85. The molecule has 0 bridgehead atoms. The highest BCUT2D eigenvalue weighted by molar-refractivity contribution is 5.89. The van der Waals surface area contributed by atoms with Crippen molar-refractivity contribution in [2.45, 2.75) is 50.4 Å². The van der Waals surface area contributed by atoms with Crippen molar-refractivity contribution in [3.8, 4) is 0 Å². The summed E-state index contributed by atoms with van der Waals surface area (Å²) >= 11 is 0. The fraction of sp³-hybridized carbons (Fsp3) is 0.444. The lowest BCUT2D eigenvalue weighted by Gasteiger charge is -2.42. The van der Waals surface area contributed by atoms with E-state index < -0.39 is 0 Å². The third-order valence-corrected chi connectivity index (χ3v) is 5.04. The molecule has 0 aliphatic heterocycles. The third kappa shape index (κ3) is 1.44. The molecule has 2 aromatic rings.